The smallest absolute Gasteiger partial charge is 0.253 e. The van der Waals surface area contributed by atoms with Gasteiger partial charge in [0.25, 0.3) is 11.5 Å². The van der Waals surface area contributed by atoms with E-state index in [-0.39, 0.29) is 24.1 Å². The number of H-pyrrole nitrogens is 1. The fourth-order valence-corrected chi connectivity index (χ4v) is 5.28. The van der Waals surface area contributed by atoms with Gasteiger partial charge in [-0.05, 0) is 70.0 Å². The van der Waals surface area contributed by atoms with Gasteiger partial charge in [0, 0.05) is 47.2 Å². The van der Waals surface area contributed by atoms with E-state index in [1.807, 2.05) is 26.0 Å². The molecule has 39 heavy (non-hydrogen) atoms. The molecule has 0 saturated carbocycles. The lowest BCUT2D eigenvalue weighted by Gasteiger charge is -2.34. The van der Waals surface area contributed by atoms with Gasteiger partial charge in [-0.1, -0.05) is 24.6 Å². The maximum Gasteiger partial charge on any atom is 0.253 e. The maximum absolute atomic E-state index is 13.7. The first-order valence-corrected chi connectivity index (χ1v) is 14.8. The van der Waals surface area contributed by atoms with E-state index in [1.165, 1.54) is 5.57 Å². The number of carbonyl (C=O) groups excluding carboxylic acids is 1. The van der Waals surface area contributed by atoms with Crippen LogP contribution in [0.1, 0.15) is 59.9 Å². The minimum absolute atomic E-state index is 0.0941. The second-order valence-corrected chi connectivity index (χ2v) is 12.0. The molecule has 0 bridgehead atoms. The van der Waals surface area contributed by atoms with Crippen LogP contribution < -0.4 is 20.5 Å². The first-order chi connectivity index (χ1) is 18.4. The van der Waals surface area contributed by atoms with Gasteiger partial charge in [-0.25, -0.2) is 13.4 Å². The summed E-state index contributed by atoms with van der Waals surface area (Å²) in [6, 6.07) is 10.7. The minimum atomic E-state index is -3.40. The lowest BCUT2D eigenvalue weighted by atomic mass is 9.96. The molecule has 206 valence electrons. The molecule has 1 aliphatic heterocycles. The van der Waals surface area contributed by atoms with E-state index >= 15 is 0 Å². The number of carbonyl (C=O) groups is 1. The number of aromatic nitrogens is 2. The lowest BCUT2D eigenvalue weighted by molar-refractivity contribution is 0.0950. The van der Waals surface area contributed by atoms with Crippen molar-refractivity contribution in [3.8, 4) is 11.3 Å². The number of hydrogen-bond donors (Lipinski definition) is 3. The zero-order valence-electron chi connectivity index (χ0n) is 23.2. The molecular weight excluding hydrogens is 514 g/mol. The molecule has 0 unspecified atom stereocenters. The van der Waals surface area contributed by atoms with Gasteiger partial charge >= 0.3 is 0 Å². The number of benzene rings is 1. The summed E-state index contributed by atoms with van der Waals surface area (Å²) in [7, 11) is -3.40. The Morgan fingerprint density at radius 3 is 2.44 bits per heavy atom. The number of sulfonamides is 1. The molecule has 1 aliphatic rings. The van der Waals surface area contributed by atoms with Crippen molar-refractivity contribution >= 4 is 33.5 Å². The molecule has 10 heteroatoms. The Labute approximate surface area is 229 Å². The second-order valence-electron chi connectivity index (χ2n) is 10.2. The first-order valence-electron chi connectivity index (χ1n) is 12.9. The van der Waals surface area contributed by atoms with Crippen LogP contribution in [-0.4, -0.2) is 43.1 Å². The third-order valence-electron chi connectivity index (χ3n) is 6.76. The molecule has 3 aromatic rings. The first kappa shape index (κ1) is 28.1. The van der Waals surface area contributed by atoms with Crippen LogP contribution in [0.2, 0.25) is 0 Å². The van der Waals surface area contributed by atoms with Crippen LogP contribution >= 0.6 is 0 Å². The van der Waals surface area contributed by atoms with E-state index in [4.69, 9.17) is 4.98 Å². The number of amides is 1. The van der Waals surface area contributed by atoms with E-state index in [0.717, 1.165) is 35.1 Å². The number of nitrogens with one attached hydrogen (secondary N) is 3. The van der Waals surface area contributed by atoms with Gasteiger partial charge in [0.1, 0.15) is 5.82 Å². The normalized spacial score (nSPS) is 13.2. The fourth-order valence-electron chi connectivity index (χ4n) is 4.71. The van der Waals surface area contributed by atoms with Gasteiger partial charge in [0.2, 0.25) is 10.0 Å². The summed E-state index contributed by atoms with van der Waals surface area (Å²) in [5, 5.41) is 2.95. The van der Waals surface area contributed by atoms with Crippen molar-refractivity contribution in [1.82, 2.24) is 15.3 Å². The van der Waals surface area contributed by atoms with Gasteiger partial charge in [0.05, 0.1) is 17.5 Å². The van der Waals surface area contributed by atoms with Crippen LogP contribution in [0.3, 0.4) is 0 Å². The van der Waals surface area contributed by atoms with Crippen LogP contribution in [0.15, 0.2) is 46.8 Å². The maximum atomic E-state index is 13.7. The van der Waals surface area contributed by atoms with Crippen molar-refractivity contribution in [3.05, 3.63) is 80.3 Å². The highest BCUT2D eigenvalue weighted by Crippen LogP contribution is 2.35. The van der Waals surface area contributed by atoms with Crippen LogP contribution in [-0.2, 0) is 16.6 Å². The zero-order chi connectivity index (χ0) is 28.5. The molecule has 9 nitrogen and oxygen atoms in total. The van der Waals surface area contributed by atoms with E-state index in [1.54, 1.807) is 30.3 Å². The Morgan fingerprint density at radius 1 is 1.15 bits per heavy atom. The van der Waals surface area contributed by atoms with Crippen LogP contribution in [0.5, 0.6) is 0 Å². The molecule has 0 radical (unpaired) electrons. The number of rotatable bonds is 8. The topological polar surface area (TPSA) is 124 Å². The monoisotopic (exact) mass is 549 g/mol. The SMILES string of the molecule is CCC1=Cc2c(C(=O)NCc3c(C)cc(C)[nH]c3=O)cc(-c3ccc(NS(C)(=O)=O)cc3)nc2N(C(C)C)C1. The molecule has 3 N–H and O–H groups in total. The Hall–Kier alpha value is -3.92. The van der Waals surface area contributed by atoms with Gasteiger partial charge in [-0.15, -0.1) is 0 Å². The molecule has 0 atom stereocenters. The summed E-state index contributed by atoms with van der Waals surface area (Å²) in [5.41, 5.74) is 6.06. The summed E-state index contributed by atoms with van der Waals surface area (Å²) in [4.78, 5) is 36.1. The number of pyridine rings is 2. The molecule has 1 aromatic carbocycles. The van der Waals surface area contributed by atoms with Crippen molar-refractivity contribution in [2.45, 2.75) is 53.6 Å². The van der Waals surface area contributed by atoms with Gasteiger partial charge < -0.3 is 15.2 Å². The van der Waals surface area contributed by atoms with Crippen molar-refractivity contribution in [1.29, 1.82) is 0 Å². The third kappa shape index (κ3) is 6.39. The average molecular weight is 550 g/mol. The Kier molecular flexibility index (Phi) is 7.96. The van der Waals surface area contributed by atoms with Crippen molar-refractivity contribution in [3.63, 3.8) is 0 Å². The second kappa shape index (κ2) is 11.1. The molecule has 1 amide bonds. The molecule has 0 spiro atoms. The molecule has 0 aliphatic carbocycles. The average Bonchev–Trinajstić information content (AvgIpc) is 2.86. The van der Waals surface area contributed by atoms with Crippen molar-refractivity contribution in [2.75, 3.05) is 22.4 Å². The summed E-state index contributed by atoms with van der Waals surface area (Å²) in [5.74, 6) is 0.412. The highest BCUT2D eigenvalue weighted by molar-refractivity contribution is 7.92. The summed E-state index contributed by atoms with van der Waals surface area (Å²) < 4.78 is 25.7. The quantitative estimate of drug-likeness (QED) is 0.383. The van der Waals surface area contributed by atoms with Crippen molar-refractivity contribution in [2.24, 2.45) is 0 Å². The van der Waals surface area contributed by atoms with Crippen LogP contribution in [0.25, 0.3) is 17.3 Å². The molecule has 2 aromatic heterocycles. The number of aryl methyl sites for hydroxylation is 2. The minimum Gasteiger partial charge on any atom is -0.350 e. The number of nitrogens with zero attached hydrogens (tertiary/aromatic N) is 2. The standard InChI is InChI=1S/C29H35N5O4S/c1-7-20-13-23-24(28(35)30-15-25-18(4)12-19(5)31-29(25)36)14-26(32-27(23)34(16-20)17(2)3)21-8-10-22(11-9-21)33-39(6,37)38/h8-14,17,33H,7,15-16H2,1-6H3,(H,30,35)(H,31,36). The molecule has 0 saturated heterocycles. The molecular formula is C29H35N5O4S. The number of fused-ring (bicyclic) bond motifs is 1. The molecule has 4 rings (SSSR count). The van der Waals surface area contributed by atoms with Crippen molar-refractivity contribution < 1.29 is 13.2 Å². The summed E-state index contributed by atoms with van der Waals surface area (Å²) >= 11 is 0. The van der Waals surface area contributed by atoms with Crippen LogP contribution in [0, 0.1) is 13.8 Å². The molecule has 3 heterocycles. The van der Waals surface area contributed by atoms with Gasteiger partial charge in [0.15, 0.2) is 0 Å². The number of anilines is 2. The Bertz CT molecular complexity index is 1610. The Balaban J connectivity index is 1.78. The Morgan fingerprint density at radius 2 is 1.85 bits per heavy atom. The zero-order valence-corrected chi connectivity index (χ0v) is 24.0. The predicted molar refractivity (Wildman–Crippen MR) is 157 cm³/mol. The van der Waals surface area contributed by atoms with Crippen LogP contribution in [0.4, 0.5) is 11.5 Å². The van der Waals surface area contributed by atoms with E-state index in [0.29, 0.717) is 34.9 Å². The molecule has 0 fully saturated rings. The van der Waals surface area contributed by atoms with E-state index in [2.05, 4.69) is 40.7 Å². The highest BCUT2D eigenvalue weighted by Gasteiger charge is 2.27. The predicted octanol–water partition coefficient (Wildman–Crippen LogP) is 4.38. The van der Waals surface area contributed by atoms with E-state index < -0.39 is 10.0 Å². The number of hydrogen-bond acceptors (Lipinski definition) is 6. The third-order valence-corrected chi connectivity index (χ3v) is 7.36. The largest absolute Gasteiger partial charge is 0.350 e. The highest BCUT2D eigenvalue weighted by atomic mass is 32.2. The fraction of sp³-hybridized carbons (Fsp3) is 0.345. The van der Waals surface area contributed by atoms with E-state index in [9.17, 15) is 18.0 Å². The summed E-state index contributed by atoms with van der Waals surface area (Å²) in [6.45, 7) is 10.8. The number of aromatic amines is 1. The lowest BCUT2D eigenvalue weighted by Crippen LogP contribution is -2.37. The van der Waals surface area contributed by atoms with Gasteiger partial charge in [-0.2, -0.15) is 0 Å². The van der Waals surface area contributed by atoms with Gasteiger partial charge in [-0.3, -0.25) is 14.3 Å². The summed E-state index contributed by atoms with van der Waals surface area (Å²) in [6.07, 6.45) is 3.99.